The quantitative estimate of drug-likeness (QED) is 0.158. The summed E-state index contributed by atoms with van der Waals surface area (Å²) in [6.07, 6.45) is 0.291. The summed E-state index contributed by atoms with van der Waals surface area (Å²) >= 11 is 7.57. The first-order valence-electron chi connectivity index (χ1n) is 14.8. The molecule has 13 rings (SSSR count). The summed E-state index contributed by atoms with van der Waals surface area (Å²) in [5.74, 6) is 2.27. The minimum absolute atomic E-state index is 0.146. The Morgan fingerprint density at radius 3 is 1.15 bits per heavy atom. The fourth-order valence-corrected chi connectivity index (χ4v) is 10.9. The van der Waals surface area contributed by atoms with E-state index in [9.17, 15) is 0 Å². The molecule has 41 heavy (non-hydrogen) atoms. The third-order valence-corrected chi connectivity index (χ3v) is 13.3. The van der Waals surface area contributed by atoms with Crippen molar-refractivity contribution in [1.29, 1.82) is 0 Å². The van der Waals surface area contributed by atoms with Crippen LogP contribution in [-0.2, 0) is 4.74 Å². The van der Waals surface area contributed by atoms with Gasteiger partial charge in [0.25, 0.3) is 0 Å². The second kappa shape index (κ2) is 7.50. The molecular formula is C38H24Br2O. The fraction of sp³-hybridized carbons (Fsp3) is 0.211. The average molecular weight is 656 g/mol. The third kappa shape index (κ3) is 2.53. The van der Waals surface area contributed by atoms with E-state index in [1.165, 1.54) is 55.6 Å². The molecule has 2 aliphatic heterocycles. The molecule has 2 heterocycles. The van der Waals surface area contributed by atoms with Gasteiger partial charge in [0.15, 0.2) is 0 Å². The van der Waals surface area contributed by atoms with Crippen LogP contribution in [0.4, 0.5) is 0 Å². The number of ether oxygens (including phenoxy) is 1. The maximum atomic E-state index is 6.98. The summed E-state index contributed by atoms with van der Waals surface area (Å²) < 4.78 is 9.22. The number of halogens is 2. The summed E-state index contributed by atoms with van der Waals surface area (Å²) in [5, 5.41) is 0. The van der Waals surface area contributed by atoms with E-state index in [2.05, 4.69) is 129 Å². The van der Waals surface area contributed by atoms with Gasteiger partial charge in [-0.25, -0.2) is 0 Å². The summed E-state index contributed by atoms with van der Waals surface area (Å²) in [5.41, 5.74) is 18.0. The molecule has 0 amide bonds. The Kier molecular flexibility index (Phi) is 4.13. The molecule has 6 aliphatic carbocycles. The van der Waals surface area contributed by atoms with Gasteiger partial charge in [-0.2, -0.15) is 0 Å². The highest BCUT2D eigenvalue weighted by Crippen LogP contribution is 2.73. The average Bonchev–Trinajstić information content (AvgIpc) is 3.57. The van der Waals surface area contributed by atoms with Crippen molar-refractivity contribution >= 4 is 31.9 Å². The largest absolute Gasteiger partial charge is 0.365 e. The molecule has 0 N–H and O–H groups in total. The molecule has 6 atom stereocenters. The molecule has 0 unspecified atom stereocenters. The first kappa shape index (κ1) is 22.6. The molecule has 6 bridgehead atoms. The van der Waals surface area contributed by atoms with Crippen molar-refractivity contribution in [2.24, 2.45) is 11.8 Å². The zero-order valence-corrected chi connectivity index (χ0v) is 25.2. The topological polar surface area (TPSA) is 9.23 Å². The van der Waals surface area contributed by atoms with Crippen LogP contribution in [0.25, 0.3) is 0 Å². The molecule has 8 aliphatic rings. The Balaban J connectivity index is 1.18. The second-order valence-electron chi connectivity index (χ2n) is 12.8. The van der Waals surface area contributed by atoms with E-state index in [1.807, 2.05) is 0 Å². The van der Waals surface area contributed by atoms with Crippen LogP contribution >= 0.6 is 31.9 Å². The molecule has 5 aromatic carbocycles. The van der Waals surface area contributed by atoms with E-state index in [4.69, 9.17) is 4.74 Å². The van der Waals surface area contributed by atoms with Gasteiger partial charge in [0.1, 0.15) is 0 Å². The highest BCUT2D eigenvalue weighted by molar-refractivity contribution is 9.13. The van der Waals surface area contributed by atoms with Crippen LogP contribution in [0.3, 0.4) is 0 Å². The SMILES string of the molecule is Brc1cc2c(cc1Br)[C@@H]1O[C@@H]2[C@@H]2[C@@H]3c4ccccc4[C@@H](c4cc5c(cc43)C3c4ccccc4C5c4ccccc43)[C@H]21. The molecule has 196 valence electrons. The molecule has 0 spiro atoms. The van der Waals surface area contributed by atoms with Crippen molar-refractivity contribution in [1.82, 2.24) is 0 Å². The number of benzene rings is 5. The number of hydrogen-bond acceptors (Lipinski definition) is 1. The molecule has 1 fully saturated rings. The zero-order valence-electron chi connectivity index (χ0n) is 22.0. The highest BCUT2D eigenvalue weighted by atomic mass is 79.9. The van der Waals surface area contributed by atoms with Gasteiger partial charge in [-0.1, -0.05) is 84.9 Å². The van der Waals surface area contributed by atoms with E-state index in [1.54, 1.807) is 11.1 Å². The lowest BCUT2D eigenvalue weighted by Gasteiger charge is -2.52. The van der Waals surface area contributed by atoms with E-state index in [0.29, 0.717) is 35.5 Å². The maximum Gasteiger partial charge on any atom is 0.0878 e. The zero-order chi connectivity index (χ0) is 26.7. The first-order chi connectivity index (χ1) is 20.2. The standard InChI is InChI=1S/C38H24Br2O/c39-29-15-27-28(16-30(29)40)38-36-34-22-12-6-5-11-21(22)33(35(36)37(27)41-38)25-13-23-24(14-26(25)34)32-18-8-2-1-7-17(18)31(23)19-9-3-4-10-20(19)32/h1-16,31-38H/t31?,32?,33-,34+,35-,36-,37+,38+/m1/s1. The Labute approximate surface area is 255 Å². The molecule has 1 nitrogen and oxygen atoms in total. The van der Waals surface area contributed by atoms with Crippen LogP contribution in [0.1, 0.15) is 103 Å². The van der Waals surface area contributed by atoms with Gasteiger partial charge in [-0.3, -0.25) is 0 Å². The first-order valence-corrected chi connectivity index (χ1v) is 16.4. The van der Waals surface area contributed by atoms with Crippen molar-refractivity contribution in [2.45, 2.75) is 35.9 Å². The van der Waals surface area contributed by atoms with Gasteiger partial charge < -0.3 is 4.74 Å². The molecule has 1 saturated heterocycles. The molecular weight excluding hydrogens is 632 g/mol. The van der Waals surface area contributed by atoms with E-state index >= 15 is 0 Å². The second-order valence-corrected chi connectivity index (χ2v) is 14.6. The van der Waals surface area contributed by atoms with Gasteiger partial charge in [0, 0.05) is 44.5 Å². The third-order valence-electron chi connectivity index (χ3n) is 11.4. The summed E-state index contributed by atoms with van der Waals surface area (Å²) in [4.78, 5) is 0. The Morgan fingerprint density at radius 1 is 0.390 bits per heavy atom. The van der Waals surface area contributed by atoms with Crippen LogP contribution in [0.2, 0.25) is 0 Å². The number of rotatable bonds is 0. The predicted octanol–water partition coefficient (Wildman–Crippen LogP) is 9.85. The van der Waals surface area contributed by atoms with Gasteiger partial charge >= 0.3 is 0 Å². The lowest BCUT2D eigenvalue weighted by Crippen LogP contribution is -2.42. The minimum atomic E-state index is 0.146. The van der Waals surface area contributed by atoms with E-state index < -0.39 is 0 Å². The molecule has 5 aromatic rings. The molecule has 0 saturated carbocycles. The Hall–Kier alpha value is -2.98. The molecule has 3 heteroatoms. The van der Waals surface area contributed by atoms with E-state index in [-0.39, 0.29) is 12.2 Å². The summed E-state index contributed by atoms with van der Waals surface area (Å²) in [7, 11) is 0. The van der Waals surface area contributed by atoms with Crippen LogP contribution in [0.5, 0.6) is 0 Å². The lowest BCUT2D eigenvalue weighted by molar-refractivity contribution is 0.0533. The molecule has 0 aromatic heterocycles. The minimum Gasteiger partial charge on any atom is -0.365 e. The van der Waals surface area contributed by atoms with Gasteiger partial charge in [-0.15, -0.1) is 0 Å². The van der Waals surface area contributed by atoms with Crippen molar-refractivity contribution in [3.8, 4) is 0 Å². The maximum absolute atomic E-state index is 6.98. The Bertz CT molecular complexity index is 1840. The van der Waals surface area contributed by atoms with Crippen molar-refractivity contribution in [3.63, 3.8) is 0 Å². The van der Waals surface area contributed by atoms with Crippen molar-refractivity contribution in [3.05, 3.63) is 173 Å². The lowest BCUT2D eigenvalue weighted by atomic mass is 9.49. The smallest absolute Gasteiger partial charge is 0.0878 e. The summed E-state index contributed by atoms with van der Waals surface area (Å²) in [6.45, 7) is 0. The van der Waals surface area contributed by atoms with Gasteiger partial charge in [0.05, 0.1) is 12.2 Å². The number of fused-ring (bicyclic) bond motifs is 5. The monoisotopic (exact) mass is 654 g/mol. The van der Waals surface area contributed by atoms with Crippen LogP contribution < -0.4 is 0 Å². The van der Waals surface area contributed by atoms with Crippen molar-refractivity contribution < 1.29 is 4.74 Å². The normalized spacial score (nSPS) is 31.1. The van der Waals surface area contributed by atoms with Crippen LogP contribution in [0.15, 0.2) is 106 Å². The van der Waals surface area contributed by atoms with Gasteiger partial charge in [0.2, 0.25) is 0 Å². The summed E-state index contributed by atoms with van der Waals surface area (Å²) in [6, 6.07) is 37.7. The van der Waals surface area contributed by atoms with Crippen molar-refractivity contribution in [2.75, 3.05) is 0 Å². The van der Waals surface area contributed by atoms with Crippen LogP contribution in [0, 0.1) is 11.8 Å². The predicted molar refractivity (Wildman–Crippen MR) is 167 cm³/mol. The Morgan fingerprint density at radius 2 is 0.756 bits per heavy atom. The fourth-order valence-electron chi connectivity index (χ4n) is 10.2. The highest BCUT2D eigenvalue weighted by Gasteiger charge is 2.63. The number of hydrogen-bond donors (Lipinski definition) is 0. The van der Waals surface area contributed by atoms with E-state index in [0.717, 1.165) is 8.95 Å². The molecule has 0 radical (unpaired) electrons. The van der Waals surface area contributed by atoms with Gasteiger partial charge in [-0.05, 0) is 111 Å². The van der Waals surface area contributed by atoms with Crippen LogP contribution in [-0.4, -0.2) is 0 Å².